The van der Waals surface area contributed by atoms with Gasteiger partial charge in [0.15, 0.2) is 0 Å². The van der Waals surface area contributed by atoms with E-state index in [9.17, 15) is 0 Å². The number of aromatic nitrogens is 1. The Bertz CT molecular complexity index is 457. The average Bonchev–Trinajstić information content (AvgIpc) is 2.93. The largest absolute Gasteiger partial charge is 0.317 e. The van der Waals surface area contributed by atoms with Gasteiger partial charge in [0.1, 0.15) is 5.01 Å². The molecule has 1 aromatic rings. The third-order valence-electron chi connectivity index (χ3n) is 5.83. The molecule has 0 bridgehead atoms. The molecular formula is C17H27N3S. The Labute approximate surface area is 132 Å². The Morgan fingerprint density at radius 1 is 1.05 bits per heavy atom. The van der Waals surface area contributed by atoms with Gasteiger partial charge in [-0.05, 0) is 83.0 Å². The number of piperidine rings is 2. The van der Waals surface area contributed by atoms with Crippen molar-refractivity contribution >= 4 is 11.3 Å². The van der Waals surface area contributed by atoms with Crippen molar-refractivity contribution < 1.29 is 0 Å². The predicted molar refractivity (Wildman–Crippen MR) is 87.8 cm³/mol. The molecule has 1 aromatic heterocycles. The highest BCUT2D eigenvalue weighted by Gasteiger charge is 2.35. The van der Waals surface area contributed by atoms with Crippen LogP contribution >= 0.6 is 11.3 Å². The van der Waals surface area contributed by atoms with Gasteiger partial charge in [-0.3, -0.25) is 4.90 Å². The molecule has 3 aliphatic rings. The lowest BCUT2D eigenvalue weighted by molar-refractivity contribution is 0.0700. The molecule has 2 fully saturated rings. The number of thiazole rings is 1. The Morgan fingerprint density at radius 3 is 2.57 bits per heavy atom. The molecule has 0 unspecified atom stereocenters. The molecule has 0 aromatic carbocycles. The van der Waals surface area contributed by atoms with Gasteiger partial charge in [0.2, 0.25) is 0 Å². The van der Waals surface area contributed by atoms with Crippen LogP contribution in [0.4, 0.5) is 0 Å². The second-order valence-corrected chi connectivity index (χ2v) is 8.38. The minimum absolute atomic E-state index is 0.671. The predicted octanol–water partition coefficient (Wildman–Crippen LogP) is 2.99. The van der Waals surface area contributed by atoms with Crippen molar-refractivity contribution in [1.29, 1.82) is 0 Å². The molecule has 4 heteroatoms. The molecule has 4 rings (SSSR count). The van der Waals surface area contributed by atoms with Crippen LogP contribution in [0.5, 0.6) is 0 Å². The third kappa shape index (κ3) is 3.03. The van der Waals surface area contributed by atoms with E-state index in [0.717, 1.165) is 6.54 Å². The number of hydrogen-bond donors (Lipinski definition) is 1. The molecule has 2 saturated heterocycles. The van der Waals surface area contributed by atoms with Crippen molar-refractivity contribution in [3.05, 3.63) is 15.6 Å². The van der Waals surface area contributed by atoms with Crippen molar-refractivity contribution in [3.8, 4) is 0 Å². The van der Waals surface area contributed by atoms with Gasteiger partial charge in [-0.1, -0.05) is 0 Å². The second-order valence-electron chi connectivity index (χ2n) is 7.21. The number of rotatable bonds is 2. The lowest BCUT2D eigenvalue weighted by Crippen LogP contribution is -2.45. The molecule has 116 valence electrons. The third-order valence-corrected chi connectivity index (χ3v) is 6.97. The number of aryl methyl sites for hydroxylation is 2. The van der Waals surface area contributed by atoms with E-state index in [4.69, 9.17) is 4.98 Å². The van der Waals surface area contributed by atoms with E-state index in [1.165, 1.54) is 88.2 Å². The molecular weight excluding hydrogens is 278 g/mol. The highest BCUT2D eigenvalue weighted by molar-refractivity contribution is 7.11. The fourth-order valence-corrected chi connectivity index (χ4v) is 5.51. The van der Waals surface area contributed by atoms with Crippen LogP contribution in [0.25, 0.3) is 0 Å². The Morgan fingerprint density at radius 2 is 1.81 bits per heavy atom. The van der Waals surface area contributed by atoms with Crippen LogP contribution < -0.4 is 5.32 Å². The molecule has 21 heavy (non-hydrogen) atoms. The summed E-state index contributed by atoms with van der Waals surface area (Å²) < 4.78 is 0. The minimum Gasteiger partial charge on any atom is -0.317 e. The van der Waals surface area contributed by atoms with Gasteiger partial charge < -0.3 is 5.32 Å². The van der Waals surface area contributed by atoms with Gasteiger partial charge in [-0.15, -0.1) is 11.3 Å². The highest BCUT2D eigenvalue weighted by Crippen LogP contribution is 2.40. The number of fused-ring (bicyclic) bond motifs is 1. The normalized spacial score (nSPS) is 25.9. The van der Waals surface area contributed by atoms with E-state index in [0.29, 0.717) is 5.41 Å². The number of nitrogens with zero attached hydrogens (tertiary/aromatic N) is 2. The summed E-state index contributed by atoms with van der Waals surface area (Å²) in [5, 5.41) is 4.89. The molecule has 0 atom stereocenters. The first-order chi connectivity index (χ1) is 10.3. The molecule has 2 aliphatic heterocycles. The molecule has 1 spiro atoms. The van der Waals surface area contributed by atoms with Gasteiger partial charge in [-0.2, -0.15) is 0 Å². The quantitative estimate of drug-likeness (QED) is 0.910. The van der Waals surface area contributed by atoms with Crippen LogP contribution in [0.3, 0.4) is 0 Å². The summed E-state index contributed by atoms with van der Waals surface area (Å²) in [6, 6.07) is 0. The maximum atomic E-state index is 4.92. The lowest BCUT2D eigenvalue weighted by Gasteiger charge is -2.44. The van der Waals surface area contributed by atoms with Crippen LogP contribution in [0, 0.1) is 5.41 Å². The summed E-state index contributed by atoms with van der Waals surface area (Å²) in [4.78, 5) is 9.15. The number of likely N-dealkylation sites (tertiary alicyclic amines) is 1. The molecule has 1 N–H and O–H groups in total. The topological polar surface area (TPSA) is 28.2 Å². The van der Waals surface area contributed by atoms with Gasteiger partial charge in [-0.25, -0.2) is 4.98 Å². The van der Waals surface area contributed by atoms with Crippen molar-refractivity contribution in [2.75, 3.05) is 26.2 Å². The van der Waals surface area contributed by atoms with Gasteiger partial charge >= 0.3 is 0 Å². The SMILES string of the molecule is C1CCc2sc(CN3CCC4(CCNCC4)CC3)nc2C1. The van der Waals surface area contributed by atoms with Gasteiger partial charge in [0, 0.05) is 4.88 Å². The van der Waals surface area contributed by atoms with E-state index >= 15 is 0 Å². The van der Waals surface area contributed by atoms with Crippen molar-refractivity contribution in [2.45, 2.75) is 57.9 Å². The summed E-state index contributed by atoms with van der Waals surface area (Å²) in [7, 11) is 0. The van der Waals surface area contributed by atoms with E-state index in [1.807, 2.05) is 11.3 Å². The zero-order valence-electron chi connectivity index (χ0n) is 13.0. The molecule has 1 aliphatic carbocycles. The molecule has 0 saturated carbocycles. The first kappa shape index (κ1) is 14.2. The first-order valence-corrected chi connectivity index (χ1v) is 9.55. The lowest BCUT2D eigenvalue weighted by atomic mass is 9.71. The standard InChI is InChI=1S/C17H27N3S/c1-2-4-15-14(3-1)19-16(21-15)13-20-11-7-17(8-12-20)5-9-18-10-6-17/h18H,1-13H2. The van der Waals surface area contributed by atoms with Crippen LogP contribution in [0.1, 0.15) is 54.1 Å². The summed E-state index contributed by atoms with van der Waals surface area (Å²) in [5.41, 5.74) is 2.09. The monoisotopic (exact) mass is 305 g/mol. The smallest absolute Gasteiger partial charge is 0.107 e. The molecule has 0 radical (unpaired) electrons. The van der Waals surface area contributed by atoms with Crippen molar-refractivity contribution in [2.24, 2.45) is 5.41 Å². The van der Waals surface area contributed by atoms with Gasteiger partial charge in [0.25, 0.3) is 0 Å². The van der Waals surface area contributed by atoms with Crippen molar-refractivity contribution in [1.82, 2.24) is 15.2 Å². The van der Waals surface area contributed by atoms with E-state index in [2.05, 4.69) is 10.2 Å². The highest BCUT2D eigenvalue weighted by atomic mass is 32.1. The second kappa shape index (κ2) is 5.98. The summed E-state index contributed by atoms with van der Waals surface area (Å²) in [6.07, 6.45) is 10.8. The maximum absolute atomic E-state index is 4.92. The van der Waals surface area contributed by atoms with Gasteiger partial charge in [0.05, 0.1) is 12.2 Å². The average molecular weight is 305 g/mol. The van der Waals surface area contributed by atoms with Crippen LogP contribution in [-0.2, 0) is 19.4 Å². The number of hydrogen-bond acceptors (Lipinski definition) is 4. The van der Waals surface area contributed by atoms with Crippen LogP contribution in [-0.4, -0.2) is 36.1 Å². The van der Waals surface area contributed by atoms with E-state index in [1.54, 1.807) is 4.88 Å². The molecule has 0 amide bonds. The van der Waals surface area contributed by atoms with E-state index in [-0.39, 0.29) is 0 Å². The zero-order valence-corrected chi connectivity index (χ0v) is 13.8. The Kier molecular flexibility index (Phi) is 4.03. The Hall–Kier alpha value is -0.450. The number of nitrogens with one attached hydrogen (secondary N) is 1. The minimum atomic E-state index is 0.671. The van der Waals surface area contributed by atoms with Crippen molar-refractivity contribution in [3.63, 3.8) is 0 Å². The zero-order chi connectivity index (χ0) is 14.1. The summed E-state index contributed by atoms with van der Waals surface area (Å²) >= 11 is 1.99. The molecule has 3 nitrogen and oxygen atoms in total. The maximum Gasteiger partial charge on any atom is 0.107 e. The van der Waals surface area contributed by atoms with E-state index < -0.39 is 0 Å². The fraction of sp³-hybridized carbons (Fsp3) is 0.824. The Balaban J connectivity index is 1.35. The first-order valence-electron chi connectivity index (χ1n) is 8.74. The molecule has 3 heterocycles. The summed E-state index contributed by atoms with van der Waals surface area (Å²) in [5.74, 6) is 0. The van der Waals surface area contributed by atoms with Crippen LogP contribution in [0.2, 0.25) is 0 Å². The fourth-order valence-electron chi connectivity index (χ4n) is 4.31. The summed E-state index contributed by atoms with van der Waals surface area (Å²) in [6.45, 7) is 6.14. The van der Waals surface area contributed by atoms with Crippen LogP contribution in [0.15, 0.2) is 0 Å².